The predicted octanol–water partition coefficient (Wildman–Crippen LogP) is -12.7. The van der Waals surface area contributed by atoms with Gasteiger partial charge >= 0.3 is 180 Å². The fourth-order valence-corrected chi connectivity index (χ4v) is 6.33. The van der Waals surface area contributed by atoms with Gasteiger partial charge in [0.15, 0.2) is 12.4 Å². The molecule has 4 aliphatic heterocycles. The number of aliphatic hydroxyl groups excluding tert-OH is 11. The van der Waals surface area contributed by atoms with Gasteiger partial charge in [-0.05, 0) is 0 Å². The third kappa shape index (κ3) is 8.42. The summed E-state index contributed by atoms with van der Waals surface area (Å²) in [6, 6.07) is 0. The average Bonchev–Trinajstić information content (AvgIpc) is 3.06. The van der Waals surface area contributed by atoms with Crippen molar-refractivity contribution >= 4 is 11.9 Å². The molecular formula is C24H39INO23-. The molecule has 20 unspecified atom stereocenters. The molecular weight excluding hydrogens is 797 g/mol. The Morgan fingerprint density at radius 2 is 0.898 bits per heavy atom. The van der Waals surface area contributed by atoms with Gasteiger partial charge in [-0.2, -0.15) is 0 Å². The van der Waals surface area contributed by atoms with Crippen LogP contribution in [0.1, 0.15) is 0 Å². The quantitative estimate of drug-likeness (QED) is 0.0641. The van der Waals surface area contributed by atoms with E-state index in [1.165, 1.54) is 0 Å². The van der Waals surface area contributed by atoms with E-state index in [1.807, 2.05) is 0 Å². The summed E-state index contributed by atoms with van der Waals surface area (Å²) in [5.74, 6) is -3.57. The van der Waals surface area contributed by atoms with Gasteiger partial charge in [-0.15, -0.1) is 0 Å². The van der Waals surface area contributed by atoms with Gasteiger partial charge in [0.05, 0.1) is 6.61 Å². The van der Waals surface area contributed by atoms with Crippen molar-refractivity contribution in [2.75, 3.05) is 13.2 Å². The second-order valence-electron chi connectivity index (χ2n) is 11.4. The zero-order chi connectivity index (χ0) is 36.5. The molecule has 25 heteroatoms. The number of carboxylic acid groups (broad SMARTS) is 2. The molecule has 4 aliphatic rings. The fraction of sp³-hybridized carbons (Fsp3) is 0.917. The van der Waals surface area contributed by atoms with Crippen molar-refractivity contribution < 1.29 is 134 Å². The summed E-state index contributed by atoms with van der Waals surface area (Å²) in [6.45, 7) is -1.88. The minimum atomic E-state index is -2.24. The van der Waals surface area contributed by atoms with Crippen LogP contribution in [0.2, 0.25) is 0 Å². The zero-order valence-electron chi connectivity index (χ0n) is 24.8. The Hall–Kier alpha value is -1.13. The first-order valence-corrected chi connectivity index (χ1v) is 16.6. The van der Waals surface area contributed by atoms with Crippen LogP contribution in [0.25, 0.3) is 0 Å². The number of ether oxygens (including phenoxy) is 7. The maximum atomic E-state index is 12.0. The van der Waals surface area contributed by atoms with E-state index < -0.39 is 170 Å². The fourth-order valence-electron chi connectivity index (χ4n) is 5.62. The predicted molar refractivity (Wildman–Crippen MR) is 138 cm³/mol. The minimum absolute atomic E-state index is 0.851. The van der Waals surface area contributed by atoms with E-state index in [-0.39, 0.29) is 0 Å². The van der Waals surface area contributed by atoms with Crippen molar-refractivity contribution in [2.45, 2.75) is 123 Å². The van der Waals surface area contributed by atoms with E-state index in [1.54, 1.807) is 0 Å². The standard InChI is InChI=1S/C24H39INO23/c26-25-49-24-11(35)8(32)15(4(2-28)43-24)45-23-13(37)16(12(36)18(48-23)20(40)41)46-21-10(34)7(31)14(3(1-27)42-21)44-22-9(33)5(29)6(30)17(47-22)19(38)39/h3-18,21-24,27-37H,1-2,26H2,(H,38,39)(H,40,41)/q-1. The van der Waals surface area contributed by atoms with Crippen LogP contribution in [0.5, 0.6) is 0 Å². The first-order chi connectivity index (χ1) is 23.1. The third-order valence-corrected chi connectivity index (χ3v) is 9.05. The van der Waals surface area contributed by atoms with Gasteiger partial charge in [-0.25, -0.2) is 4.79 Å². The van der Waals surface area contributed by atoms with E-state index in [0.717, 1.165) is 0 Å². The Morgan fingerprint density at radius 1 is 0.510 bits per heavy atom. The molecule has 0 amide bonds. The Morgan fingerprint density at radius 3 is 1.37 bits per heavy atom. The SMILES string of the molecule is N[I-]OC1OC(CO)C(OC2OC(C(=O)O)C(O)C(OC3OC(CO)C(OC4OC(C(=O)O)C(O)C(O)C4O)C(O)C3O)C2O)C(O)C1O. The van der Waals surface area contributed by atoms with Crippen molar-refractivity contribution in [1.82, 2.24) is 0 Å². The molecule has 4 heterocycles. The molecule has 49 heavy (non-hydrogen) atoms. The summed E-state index contributed by atoms with van der Waals surface area (Å²) < 4.78 is 47.8. The maximum absolute atomic E-state index is 12.0. The summed E-state index contributed by atoms with van der Waals surface area (Å²) in [5, 5.41) is 133. The molecule has 0 aromatic heterocycles. The van der Waals surface area contributed by atoms with E-state index >= 15 is 0 Å². The molecule has 4 fully saturated rings. The summed E-state index contributed by atoms with van der Waals surface area (Å²) in [4.78, 5) is 23.4. The molecule has 0 aliphatic carbocycles. The summed E-state index contributed by atoms with van der Waals surface area (Å²) in [5.41, 5.74) is 0. The molecule has 24 nitrogen and oxygen atoms in total. The van der Waals surface area contributed by atoms with Crippen molar-refractivity contribution in [3.63, 3.8) is 0 Å². The molecule has 286 valence electrons. The normalized spacial score (nSPS) is 49.5. The van der Waals surface area contributed by atoms with Crippen LogP contribution in [0.4, 0.5) is 0 Å². The Kier molecular flexibility index (Phi) is 14.2. The molecule has 0 spiro atoms. The number of halogens is 1. The van der Waals surface area contributed by atoms with E-state index in [2.05, 4.69) is 0 Å². The van der Waals surface area contributed by atoms with Crippen molar-refractivity contribution in [2.24, 2.45) is 3.95 Å². The Balaban J connectivity index is 1.51. The van der Waals surface area contributed by atoms with Crippen molar-refractivity contribution in [3.8, 4) is 0 Å². The van der Waals surface area contributed by atoms with Gasteiger partial charge in [0.2, 0.25) is 0 Å². The van der Waals surface area contributed by atoms with Gasteiger partial charge in [-0.3, -0.25) is 0 Å². The van der Waals surface area contributed by atoms with Gasteiger partial charge in [0.25, 0.3) is 0 Å². The molecule has 0 saturated carbocycles. The van der Waals surface area contributed by atoms with Crippen LogP contribution in [0, 0.1) is 0 Å². The first-order valence-electron chi connectivity index (χ1n) is 14.4. The van der Waals surface area contributed by atoms with Gasteiger partial charge in [0, 0.05) is 0 Å². The second-order valence-corrected chi connectivity index (χ2v) is 12.4. The van der Waals surface area contributed by atoms with Crippen LogP contribution in [0.15, 0.2) is 0 Å². The molecule has 4 rings (SSSR count). The molecule has 0 radical (unpaired) electrons. The number of hydrogen-bond acceptors (Lipinski definition) is 22. The van der Waals surface area contributed by atoms with Crippen LogP contribution >= 0.6 is 0 Å². The third-order valence-electron chi connectivity index (χ3n) is 8.25. The Bertz CT molecular complexity index is 1110. The second kappa shape index (κ2) is 17.1. The van der Waals surface area contributed by atoms with Gasteiger partial charge in [0.1, 0.15) is 36.6 Å². The topological polar surface area (TPSA) is 397 Å². The van der Waals surface area contributed by atoms with Crippen LogP contribution < -0.4 is 25.8 Å². The first kappa shape index (κ1) is 40.6. The van der Waals surface area contributed by atoms with Crippen LogP contribution in [-0.4, -0.2) is 214 Å². The molecule has 0 aromatic carbocycles. The molecule has 4 saturated heterocycles. The van der Waals surface area contributed by atoms with Crippen molar-refractivity contribution in [1.29, 1.82) is 0 Å². The summed E-state index contributed by atoms with van der Waals surface area (Å²) >= 11 is -1.42. The summed E-state index contributed by atoms with van der Waals surface area (Å²) in [6.07, 6.45) is -39.7. The molecule has 0 bridgehead atoms. The molecule has 0 aromatic rings. The summed E-state index contributed by atoms with van der Waals surface area (Å²) in [7, 11) is 0. The number of rotatable bonds is 12. The number of nitrogens with two attached hydrogens (primary N) is 1. The Labute approximate surface area is 285 Å². The van der Waals surface area contributed by atoms with Crippen molar-refractivity contribution in [3.05, 3.63) is 0 Å². The van der Waals surface area contributed by atoms with E-state index in [4.69, 9.17) is 40.2 Å². The van der Waals surface area contributed by atoms with Gasteiger partial charge in [-0.1, -0.05) is 0 Å². The van der Waals surface area contributed by atoms with Crippen LogP contribution in [-0.2, 0) is 45.8 Å². The monoisotopic (exact) mass is 836 g/mol. The number of aliphatic carboxylic acids is 2. The molecule has 20 atom stereocenters. The van der Waals surface area contributed by atoms with Gasteiger partial charge < -0.3 is 45.2 Å². The van der Waals surface area contributed by atoms with Crippen LogP contribution in [0.3, 0.4) is 0 Å². The zero-order valence-corrected chi connectivity index (χ0v) is 27.0. The molecule has 15 N–H and O–H groups in total. The number of carbonyl (C=O) groups is 2. The average molecular weight is 836 g/mol. The van der Waals surface area contributed by atoms with E-state index in [0.29, 0.717) is 0 Å². The number of carboxylic acids is 2. The number of aliphatic hydroxyl groups is 11. The van der Waals surface area contributed by atoms with E-state index in [9.17, 15) is 76.0 Å². The number of hydrogen-bond donors (Lipinski definition) is 14.